The van der Waals surface area contributed by atoms with Crippen molar-refractivity contribution in [1.29, 1.82) is 0 Å². The van der Waals surface area contributed by atoms with Crippen LogP contribution in [0.2, 0.25) is 0 Å². The molecule has 2 fully saturated rings. The van der Waals surface area contributed by atoms with E-state index in [4.69, 9.17) is 9.47 Å². The number of rotatable bonds is 5. The van der Waals surface area contributed by atoms with Crippen molar-refractivity contribution in [2.75, 3.05) is 33.4 Å². The fraction of sp³-hybridized carbons (Fsp3) is 0.667. The van der Waals surface area contributed by atoms with Gasteiger partial charge in [-0.05, 0) is 63.1 Å². The van der Waals surface area contributed by atoms with Crippen molar-refractivity contribution < 1.29 is 19.4 Å². The molecule has 2 heterocycles. The van der Waals surface area contributed by atoms with Gasteiger partial charge in [-0.3, -0.25) is 4.79 Å². The Morgan fingerprint density at radius 2 is 2.04 bits per heavy atom. The zero-order valence-electron chi connectivity index (χ0n) is 16.0. The topological polar surface area (TPSA) is 59.0 Å². The molecule has 144 valence electrons. The lowest BCUT2D eigenvalue weighted by molar-refractivity contribution is -0.164. The molecule has 1 amide bonds. The number of benzene rings is 1. The summed E-state index contributed by atoms with van der Waals surface area (Å²) < 4.78 is 11.1. The molecule has 2 saturated heterocycles. The van der Waals surface area contributed by atoms with E-state index in [1.807, 2.05) is 30.0 Å². The van der Waals surface area contributed by atoms with E-state index in [0.29, 0.717) is 19.7 Å². The van der Waals surface area contributed by atoms with Gasteiger partial charge in [-0.25, -0.2) is 0 Å². The fourth-order valence-corrected chi connectivity index (χ4v) is 4.23. The maximum Gasteiger partial charge on any atom is 0.254 e. The molecule has 0 aliphatic carbocycles. The Kier molecular flexibility index (Phi) is 5.88. The largest absolute Gasteiger partial charge is 0.497 e. The van der Waals surface area contributed by atoms with Crippen molar-refractivity contribution in [1.82, 2.24) is 4.90 Å². The van der Waals surface area contributed by atoms with Crippen LogP contribution in [-0.2, 0) is 16.0 Å². The second-order valence-electron chi connectivity index (χ2n) is 8.02. The van der Waals surface area contributed by atoms with Crippen LogP contribution in [0.4, 0.5) is 0 Å². The van der Waals surface area contributed by atoms with Gasteiger partial charge in [-0.2, -0.15) is 0 Å². The molecule has 1 aromatic rings. The Labute approximate surface area is 156 Å². The molecular weight excluding hydrogens is 330 g/mol. The molecular formula is C21H31NO4. The minimum absolute atomic E-state index is 0.116. The first-order chi connectivity index (χ1) is 12.5. The molecule has 1 unspecified atom stereocenters. The van der Waals surface area contributed by atoms with Crippen molar-refractivity contribution in [2.24, 2.45) is 5.41 Å². The molecule has 2 aliphatic heterocycles. The molecule has 5 nitrogen and oxygen atoms in total. The molecule has 0 spiro atoms. The van der Waals surface area contributed by atoms with Gasteiger partial charge in [0.25, 0.3) is 5.91 Å². The van der Waals surface area contributed by atoms with Crippen molar-refractivity contribution in [2.45, 2.75) is 51.0 Å². The van der Waals surface area contributed by atoms with Crippen LogP contribution in [0, 0.1) is 5.41 Å². The number of amides is 1. The summed E-state index contributed by atoms with van der Waals surface area (Å²) in [7, 11) is 1.67. The van der Waals surface area contributed by atoms with Crippen LogP contribution in [0.15, 0.2) is 24.3 Å². The molecule has 5 heteroatoms. The summed E-state index contributed by atoms with van der Waals surface area (Å²) in [6.45, 7) is 4.11. The number of hydrogen-bond acceptors (Lipinski definition) is 4. The minimum atomic E-state index is -0.662. The summed E-state index contributed by atoms with van der Waals surface area (Å²) in [6, 6.07) is 8.03. The maximum atomic E-state index is 12.9. The molecule has 0 bridgehead atoms. The Morgan fingerprint density at radius 1 is 1.27 bits per heavy atom. The third kappa shape index (κ3) is 4.04. The van der Waals surface area contributed by atoms with Gasteiger partial charge in [0, 0.05) is 31.7 Å². The van der Waals surface area contributed by atoms with Gasteiger partial charge in [-0.15, -0.1) is 0 Å². The van der Waals surface area contributed by atoms with Crippen LogP contribution in [0.25, 0.3) is 0 Å². The van der Waals surface area contributed by atoms with Gasteiger partial charge in [0.05, 0.1) is 7.11 Å². The number of methoxy groups -OCH3 is 1. The van der Waals surface area contributed by atoms with E-state index in [0.717, 1.165) is 44.3 Å². The monoisotopic (exact) mass is 361 g/mol. The number of carbonyl (C=O) groups is 1. The fourth-order valence-electron chi connectivity index (χ4n) is 4.23. The van der Waals surface area contributed by atoms with Crippen molar-refractivity contribution in [3.05, 3.63) is 29.8 Å². The van der Waals surface area contributed by atoms with E-state index < -0.39 is 5.60 Å². The summed E-state index contributed by atoms with van der Waals surface area (Å²) in [4.78, 5) is 14.9. The first-order valence-corrected chi connectivity index (χ1v) is 9.67. The highest BCUT2D eigenvalue weighted by molar-refractivity contribution is 5.85. The highest BCUT2D eigenvalue weighted by Gasteiger charge is 2.42. The van der Waals surface area contributed by atoms with E-state index in [-0.39, 0.29) is 17.9 Å². The Bertz CT molecular complexity index is 616. The molecule has 0 radical (unpaired) electrons. The summed E-state index contributed by atoms with van der Waals surface area (Å²) in [5, 5.41) is 10.1. The van der Waals surface area contributed by atoms with Gasteiger partial charge in [0.1, 0.15) is 11.4 Å². The number of ether oxygens (including phenoxy) is 2. The summed E-state index contributed by atoms with van der Waals surface area (Å²) in [6.07, 6.45) is 5.31. The second-order valence-corrected chi connectivity index (χ2v) is 8.02. The van der Waals surface area contributed by atoms with E-state index in [2.05, 4.69) is 6.07 Å². The maximum absolute atomic E-state index is 12.9. The molecule has 0 aromatic heterocycles. The average Bonchev–Trinajstić information content (AvgIpc) is 2.68. The van der Waals surface area contributed by atoms with Gasteiger partial charge in [0.15, 0.2) is 0 Å². The number of aliphatic hydroxyl groups excluding tert-OH is 1. The number of piperidine rings is 1. The first-order valence-electron chi connectivity index (χ1n) is 9.67. The molecule has 1 N–H and O–H groups in total. The van der Waals surface area contributed by atoms with Crippen molar-refractivity contribution >= 4 is 5.91 Å². The number of aliphatic hydroxyl groups is 1. The SMILES string of the molecule is COc1cccc(CC2(CO)CCN(C(=O)C3(C)CCCCO3)CC2)c1. The third-order valence-electron chi connectivity index (χ3n) is 6.08. The molecule has 0 saturated carbocycles. The predicted octanol–water partition coefficient (Wildman–Crippen LogP) is 2.80. The molecule has 2 aliphatic rings. The lowest BCUT2D eigenvalue weighted by atomic mass is 9.74. The summed E-state index contributed by atoms with van der Waals surface area (Å²) in [5.41, 5.74) is 0.336. The molecule has 26 heavy (non-hydrogen) atoms. The Hall–Kier alpha value is -1.59. The number of nitrogens with zero attached hydrogens (tertiary/aromatic N) is 1. The highest BCUT2D eigenvalue weighted by atomic mass is 16.5. The van der Waals surface area contributed by atoms with E-state index >= 15 is 0 Å². The quantitative estimate of drug-likeness (QED) is 0.876. The Balaban J connectivity index is 1.63. The number of hydrogen-bond donors (Lipinski definition) is 1. The predicted molar refractivity (Wildman–Crippen MR) is 100 cm³/mol. The lowest BCUT2D eigenvalue weighted by Crippen LogP contribution is -2.54. The number of carbonyl (C=O) groups excluding carboxylic acids is 1. The van der Waals surface area contributed by atoms with Gasteiger partial charge < -0.3 is 19.5 Å². The standard InChI is InChI=1S/C21H31NO4/c1-20(8-3-4-13-26-20)19(24)22-11-9-21(16-23,10-12-22)15-17-6-5-7-18(14-17)25-2/h5-7,14,23H,3-4,8-13,15-16H2,1-2H3. The van der Waals surface area contributed by atoms with Crippen LogP contribution in [0.5, 0.6) is 5.75 Å². The van der Waals surface area contributed by atoms with E-state index in [1.165, 1.54) is 5.56 Å². The molecule has 3 rings (SSSR count). The minimum Gasteiger partial charge on any atom is -0.497 e. The van der Waals surface area contributed by atoms with Crippen LogP contribution >= 0.6 is 0 Å². The summed E-state index contributed by atoms with van der Waals surface area (Å²) in [5.74, 6) is 0.954. The van der Waals surface area contributed by atoms with Crippen molar-refractivity contribution in [3.8, 4) is 5.75 Å². The van der Waals surface area contributed by atoms with Crippen LogP contribution in [-0.4, -0.2) is 54.9 Å². The Morgan fingerprint density at radius 3 is 2.65 bits per heavy atom. The lowest BCUT2D eigenvalue weighted by Gasteiger charge is -2.44. The van der Waals surface area contributed by atoms with Crippen molar-refractivity contribution in [3.63, 3.8) is 0 Å². The van der Waals surface area contributed by atoms with Gasteiger partial charge >= 0.3 is 0 Å². The molecule has 1 atom stereocenters. The average molecular weight is 361 g/mol. The zero-order valence-corrected chi connectivity index (χ0v) is 16.0. The van der Waals surface area contributed by atoms with Crippen LogP contribution in [0.3, 0.4) is 0 Å². The van der Waals surface area contributed by atoms with Gasteiger partial charge in [-0.1, -0.05) is 12.1 Å². The van der Waals surface area contributed by atoms with E-state index in [9.17, 15) is 9.90 Å². The van der Waals surface area contributed by atoms with E-state index in [1.54, 1.807) is 7.11 Å². The zero-order chi connectivity index (χ0) is 18.6. The van der Waals surface area contributed by atoms with Crippen LogP contribution < -0.4 is 4.74 Å². The van der Waals surface area contributed by atoms with Crippen LogP contribution in [0.1, 0.15) is 44.6 Å². The summed E-state index contributed by atoms with van der Waals surface area (Å²) >= 11 is 0. The number of likely N-dealkylation sites (tertiary alicyclic amines) is 1. The highest BCUT2D eigenvalue weighted by Crippen LogP contribution is 2.37. The third-order valence-corrected chi connectivity index (χ3v) is 6.08. The normalized spacial score (nSPS) is 25.7. The molecule has 1 aromatic carbocycles. The van der Waals surface area contributed by atoms with Gasteiger partial charge in [0.2, 0.25) is 0 Å². The smallest absolute Gasteiger partial charge is 0.254 e. The first kappa shape index (κ1) is 19.2. The second kappa shape index (κ2) is 7.97.